The van der Waals surface area contributed by atoms with E-state index in [-0.39, 0.29) is 5.91 Å². The summed E-state index contributed by atoms with van der Waals surface area (Å²) >= 11 is 2.06. The van der Waals surface area contributed by atoms with Crippen molar-refractivity contribution < 1.29 is 4.79 Å². The number of likely N-dealkylation sites (N-methyl/N-ethyl adjacent to an activating group) is 1. The summed E-state index contributed by atoms with van der Waals surface area (Å²) < 4.78 is 2.14. The Morgan fingerprint density at radius 1 is 1.15 bits per heavy atom. The minimum Gasteiger partial charge on any atom is -0.335 e. The Hall–Kier alpha value is -1.05. The highest BCUT2D eigenvalue weighted by Gasteiger charge is 2.34. The second-order valence-electron chi connectivity index (χ2n) is 8.14. The van der Waals surface area contributed by atoms with E-state index < -0.39 is 0 Å². The van der Waals surface area contributed by atoms with Crippen LogP contribution in [0, 0.1) is 0 Å². The average Bonchev–Trinajstić information content (AvgIpc) is 3.07. The Balaban J connectivity index is 1.57. The lowest BCUT2D eigenvalue weighted by molar-refractivity contribution is 0.0655. The van der Waals surface area contributed by atoms with E-state index >= 15 is 0 Å². The minimum absolute atomic E-state index is 0.157. The van der Waals surface area contributed by atoms with Crippen LogP contribution in [0.15, 0.2) is 0 Å². The van der Waals surface area contributed by atoms with Gasteiger partial charge < -0.3 is 9.80 Å². The highest BCUT2D eigenvalue weighted by Crippen LogP contribution is 2.30. The van der Waals surface area contributed by atoms with Gasteiger partial charge in [0.2, 0.25) is 0 Å². The summed E-state index contributed by atoms with van der Waals surface area (Å²) in [5.74, 6) is 2.64. The molecular weight excluding hydrogens is 358 g/mol. The Kier molecular flexibility index (Phi) is 6.09. The van der Waals surface area contributed by atoms with E-state index in [9.17, 15) is 4.79 Å². The number of hydrogen-bond acceptors (Lipinski definition) is 5. The molecule has 1 aromatic rings. The molecule has 3 heterocycles. The number of piperazine rings is 1. The molecule has 7 heteroatoms. The lowest BCUT2D eigenvalue weighted by atomic mass is 9.90. The van der Waals surface area contributed by atoms with Crippen LogP contribution < -0.4 is 0 Å². The maximum atomic E-state index is 13.3. The summed E-state index contributed by atoms with van der Waals surface area (Å²) in [6.45, 7) is 9.03. The molecule has 2 saturated heterocycles. The van der Waals surface area contributed by atoms with Gasteiger partial charge >= 0.3 is 0 Å². The van der Waals surface area contributed by atoms with E-state index in [1.807, 2.05) is 4.90 Å². The van der Waals surface area contributed by atoms with Crippen molar-refractivity contribution in [2.45, 2.75) is 45.2 Å². The van der Waals surface area contributed by atoms with Crippen molar-refractivity contribution in [2.75, 3.05) is 57.8 Å². The molecule has 0 aromatic carbocycles. The van der Waals surface area contributed by atoms with Crippen LogP contribution in [0.4, 0.5) is 0 Å². The van der Waals surface area contributed by atoms with Crippen molar-refractivity contribution in [1.82, 2.24) is 24.5 Å². The third-order valence-corrected chi connectivity index (χ3v) is 7.25. The van der Waals surface area contributed by atoms with Gasteiger partial charge in [-0.05, 0) is 32.7 Å². The van der Waals surface area contributed by atoms with Crippen LogP contribution in [-0.4, -0.2) is 94.3 Å². The molecule has 4 rings (SSSR count). The summed E-state index contributed by atoms with van der Waals surface area (Å²) in [5.41, 5.74) is 3.33. The van der Waals surface area contributed by atoms with E-state index in [4.69, 9.17) is 5.10 Å². The van der Waals surface area contributed by atoms with Gasteiger partial charge in [-0.2, -0.15) is 16.9 Å². The molecule has 27 heavy (non-hydrogen) atoms. The number of carbonyl (C=O) groups is 1. The van der Waals surface area contributed by atoms with Gasteiger partial charge in [-0.3, -0.25) is 14.4 Å². The monoisotopic (exact) mass is 391 g/mol. The third kappa shape index (κ3) is 4.05. The van der Waals surface area contributed by atoms with Crippen molar-refractivity contribution in [1.29, 1.82) is 0 Å². The summed E-state index contributed by atoms with van der Waals surface area (Å²) in [4.78, 5) is 20.3. The van der Waals surface area contributed by atoms with Gasteiger partial charge in [-0.25, -0.2) is 0 Å². The topological polar surface area (TPSA) is 44.6 Å². The van der Waals surface area contributed by atoms with Crippen LogP contribution in [0.3, 0.4) is 0 Å². The van der Waals surface area contributed by atoms with Crippen molar-refractivity contribution in [3.05, 3.63) is 17.0 Å². The minimum atomic E-state index is 0.157. The Labute approximate surface area is 167 Å². The van der Waals surface area contributed by atoms with Gasteiger partial charge in [0.15, 0.2) is 5.69 Å². The third-order valence-electron chi connectivity index (χ3n) is 6.31. The van der Waals surface area contributed by atoms with Crippen LogP contribution in [0.1, 0.15) is 41.5 Å². The molecule has 0 radical (unpaired) electrons. The fraction of sp³-hybridized carbons (Fsp3) is 0.800. The zero-order chi connectivity index (χ0) is 18.8. The van der Waals surface area contributed by atoms with Gasteiger partial charge in [0.05, 0.1) is 0 Å². The highest BCUT2D eigenvalue weighted by molar-refractivity contribution is 7.99. The fourth-order valence-corrected chi connectivity index (χ4v) is 5.58. The summed E-state index contributed by atoms with van der Waals surface area (Å²) in [7, 11) is 2.13. The number of rotatable bonds is 4. The zero-order valence-electron chi connectivity index (χ0n) is 16.8. The van der Waals surface area contributed by atoms with Gasteiger partial charge in [0.1, 0.15) is 0 Å². The van der Waals surface area contributed by atoms with Crippen molar-refractivity contribution in [3.63, 3.8) is 0 Å². The number of fused-ring (bicyclic) bond motifs is 1. The molecule has 150 valence electrons. The normalized spacial score (nSPS) is 24.8. The van der Waals surface area contributed by atoms with Crippen LogP contribution in [-0.2, 0) is 19.4 Å². The quantitative estimate of drug-likeness (QED) is 0.780. The number of aromatic nitrogens is 2. The molecule has 0 unspecified atom stereocenters. The molecule has 2 aliphatic heterocycles. The predicted molar refractivity (Wildman–Crippen MR) is 111 cm³/mol. The first-order valence-corrected chi connectivity index (χ1v) is 11.7. The first-order chi connectivity index (χ1) is 13.2. The smallest absolute Gasteiger partial charge is 0.274 e. The molecule has 3 aliphatic rings. The highest BCUT2D eigenvalue weighted by atomic mass is 32.2. The number of carbonyl (C=O) groups excluding carboxylic acids is 1. The standard InChI is InChI=1S/C20H33N5OS/c1-3-6-25-18-5-4-16(23-11-13-27-14-12-23)15-17(18)19(21-25)20(26)24-9-7-22(2)8-10-24/h16H,3-15H2,1-2H3/t16-/m1/s1. The largest absolute Gasteiger partial charge is 0.335 e. The fourth-order valence-electron chi connectivity index (χ4n) is 4.65. The summed E-state index contributed by atoms with van der Waals surface area (Å²) in [6.07, 6.45) is 4.32. The lowest BCUT2D eigenvalue weighted by Gasteiger charge is -2.37. The lowest BCUT2D eigenvalue weighted by Crippen LogP contribution is -2.48. The first kappa shape index (κ1) is 19.3. The molecule has 6 nitrogen and oxygen atoms in total. The summed E-state index contributed by atoms with van der Waals surface area (Å²) in [6, 6.07) is 0.580. The average molecular weight is 392 g/mol. The number of thioether (sulfide) groups is 1. The molecule has 2 fully saturated rings. The van der Waals surface area contributed by atoms with Crippen LogP contribution >= 0.6 is 11.8 Å². The molecule has 1 aromatic heterocycles. The molecule has 0 saturated carbocycles. The Morgan fingerprint density at radius 2 is 1.89 bits per heavy atom. The van der Waals surface area contributed by atoms with Gasteiger partial charge in [0, 0.05) is 74.6 Å². The first-order valence-electron chi connectivity index (χ1n) is 10.6. The van der Waals surface area contributed by atoms with Crippen LogP contribution in [0.5, 0.6) is 0 Å². The summed E-state index contributed by atoms with van der Waals surface area (Å²) in [5, 5.41) is 4.84. The molecule has 0 N–H and O–H groups in total. The van der Waals surface area contributed by atoms with E-state index in [2.05, 4.69) is 40.2 Å². The SMILES string of the molecule is CCCn1nc(C(=O)N2CCN(C)CC2)c2c1CC[C@@H](N1CCSCC1)C2. The maximum absolute atomic E-state index is 13.3. The second-order valence-corrected chi connectivity index (χ2v) is 9.36. The van der Waals surface area contributed by atoms with Crippen LogP contribution in [0.2, 0.25) is 0 Å². The molecular formula is C20H33N5OS. The maximum Gasteiger partial charge on any atom is 0.274 e. The number of amides is 1. The zero-order valence-corrected chi connectivity index (χ0v) is 17.6. The molecule has 1 amide bonds. The van der Waals surface area contributed by atoms with Gasteiger partial charge in [-0.15, -0.1) is 0 Å². The van der Waals surface area contributed by atoms with Gasteiger partial charge in [0.25, 0.3) is 5.91 Å². The predicted octanol–water partition coefficient (Wildman–Crippen LogP) is 1.59. The number of nitrogens with zero attached hydrogens (tertiary/aromatic N) is 5. The van der Waals surface area contributed by atoms with E-state index in [0.29, 0.717) is 6.04 Å². The molecule has 0 spiro atoms. The molecule has 1 atom stereocenters. The molecule has 1 aliphatic carbocycles. The van der Waals surface area contributed by atoms with E-state index in [1.165, 1.54) is 42.3 Å². The second kappa shape index (κ2) is 8.53. The van der Waals surface area contributed by atoms with Crippen molar-refractivity contribution in [3.8, 4) is 0 Å². The molecule has 0 bridgehead atoms. The van der Waals surface area contributed by atoms with Crippen LogP contribution in [0.25, 0.3) is 0 Å². The number of aryl methyl sites for hydroxylation is 1. The van der Waals surface area contributed by atoms with Crippen molar-refractivity contribution in [2.24, 2.45) is 0 Å². The Morgan fingerprint density at radius 3 is 2.59 bits per heavy atom. The van der Waals surface area contributed by atoms with E-state index in [0.717, 1.165) is 57.7 Å². The Bertz CT molecular complexity index is 662. The van der Waals surface area contributed by atoms with Gasteiger partial charge in [-0.1, -0.05) is 6.92 Å². The number of hydrogen-bond donors (Lipinski definition) is 0. The van der Waals surface area contributed by atoms with E-state index in [1.54, 1.807) is 0 Å². The van der Waals surface area contributed by atoms with Crippen molar-refractivity contribution >= 4 is 17.7 Å².